The van der Waals surface area contributed by atoms with Crippen molar-refractivity contribution in [3.63, 3.8) is 0 Å². The molecule has 1 aromatic carbocycles. The molecular weight excluding hydrogens is 347 g/mol. The summed E-state index contributed by atoms with van der Waals surface area (Å²) < 4.78 is 43.8. The molecule has 24 heavy (non-hydrogen) atoms. The molecule has 0 saturated heterocycles. The fraction of sp³-hybridized carbons (Fsp3) is 0.357. The number of hydrogen-bond acceptors (Lipinski definition) is 5. The van der Waals surface area contributed by atoms with Crippen LogP contribution in [0.15, 0.2) is 33.8 Å². The van der Waals surface area contributed by atoms with Gasteiger partial charge in [-0.3, -0.25) is 4.79 Å². The number of anilines is 1. The standard InChI is InChI=1S/C14H14F3N3O3S/c1-3-10(24-12-13(22)23-19-20(12)2)11(21)18-9-6-4-5-8(7-9)14(15,16)17/h4-7,10H,3H2,1-2H3,(H-,18,19,21,22). The number of halogens is 3. The Balaban J connectivity index is 2.13. The first-order valence-corrected chi connectivity index (χ1v) is 7.78. The molecule has 1 amide bonds. The summed E-state index contributed by atoms with van der Waals surface area (Å²) in [5.74, 6) is -1.18. The maximum atomic E-state index is 12.7. The number of benzene rings is 1. The first-order valence-electron chi connectivity index (χ1n) is 6.90. The molecule has 0 saturated carbocycles. The Kier molecular flexibility index (Phi) is 5.37. The number of thioether (sulfide) groups is 1. The number of nitrogens with zero attached hydrogens (tertiary/aromatic N) is 2. The summed E-state index contributed by atoms with van der Waals surface area (Å²) in [6.07, 6.45) is -4.13. The highest BCUT2D eigenvalue weighted by Gasteiger charge is 2.31. The van der Waals surface area contributed by atoms with Crippen molar-refractivity contribution < 1.29 is 32.3 Å². The molecule has 1 aromatic heterocycles. The van der Waals surface area contributed by atoms with Crippen LogP contribution < -0.4 is 15.1 Å². The third-order valence-electron chi connectivity index (χ3n) is 3.09. The predicted molar refractivity (Wildman–Crippen MR) is 77.1 cm³/mol. The van der Waals surface area contributed by atoms with Crippen LogP contribution in [0.25, 0.3) is 0 Å². The minimum absolute atomic E-state index is 0.0333. The second-order valence-electron chi connectivity index (χ2n) is 4.87. The number of nitrogens with one attached hydrogen (secondary N) is 1. The smallest absolute Gasteiger partial charge is 0.416 e. The van der Waals surface area contributed by atoms with Crippen LogP contribution in [0, 0.1) is 0 Å². The second kappa shape index (κ2) is 7.12. The number of aromatic nitrogens is 2. The van der Waals surface area contributed by atoms with Crippen LogP contribution in [0.2, 0.25) is 0 Å². The lowest BCUT2D eigenvalue weighted by atomic mass is 10.2. The van der Waals surface area contributed by atoms with E-state index in [1.165, 1.54) is 23.9 Å². The third-order valence-corrected chi connectivity index (χ3v) is 4.58. The topological polar surface area (TPSA) is 82.1 Å². The van der Waals surface area contributed by atoms with Gasteiger partial charge in [0.15, 0.2) is 13.0 Å². The molecule has 1 atom stereocenters. The molecule has 10 heteroatoms. The van der Waals surface area contributed by atoms with Crippen molar-refractivity contribution in [1.82, 2.24) is 5.27 Å². The van der Waals surface area contributed by atoms with Gasteiger partial charge in [0.05, 0.1) is 16.1 Å². The number of alkyl halides is 3. The largest absolute Gasteiger partial charge is 0.538 e. The van der Waals surface area contributed by atoms with E-state index in [2.05, 4.69) is 15.1 Å². The molecule has 0 aliphatic heterocycles. The Hall–Kier alpha value is -2.23. The molecule has 0 aliphatic rings. The zero-order chi connectivity index (χ0) is 17.9. The first kappa shape index (κ1) is 18.1. The normalized spacial score (nSPS) is 12.9. The van der Waals surface area contributed by atoms with E-state index < -0.39 is 28.8 Å². The van der Waals surface area contributed by atoms with E-state index in [4.69, 9.17) is 0 Å². The maximum Gasteiger partial charge on any atom is 0.416 e. The molecule has 2 aromatic rings. The van der Waals surface area contributed by atoms with Crippen LogP contribution in [0.4, 0.5) is 18.9 Å². The SMILES string of the molecule is CCC(Sc1c([O-])on[n+]1C)C(=O)Nc1cccc(C(F)(F)F)c1. The minimum atomic E-state index is -4.49. The summed E-state index contributed by atoms with van der Waals surface area (Å²) in [6.45, 7) is 1.72. The summed E-state index contributed by atoms with van der Waals surface area (Å²) in [6, 6.07) is 4.35. The molecule has 1 N–H and O–H groups in total. The van der Waals surface area contributed by atoms with Gasteiger partial charge in [0.1, 0.15) is 0 Å². The van der Waals surface area contributed by atoms with Crippen molar-refractivity contribution in [1.29, 1.82) is 0 Å². The average molecular weight is 361 g/mol. The second-order valence-corrected chi connectivity index (χ2v) is 6.06. The van der Waals surface area contributed by atoms with Crippen molar-refractivity contribution in [3.05, 3.63) is 29.8 Å². The summed E-state index contributed by atoms with van der Waals surface area (Å²) in [5, 5.41) is 16.8. The van der Waals surface area contributed by atoms with Gasteiger partial charge in [0.2, 0.25) is 5.91 Å². The molecule has 130 valence electrons. The van der Waals surface area contributed by atoms with Crippen molar-refractivity contribution in [2.24, 2.45) is 7.05 Å². The summed E-state index contributed by atoms with van der Waals surface area (Å²) in [7, 11) is 1.49. The Morgan fingerprint density at radius 1 is 1.50 bits per heavy atom. The molecule has 6 nitrogen and oxygen atoms in total. The number of hydrogen-bond donors (Lipinski definition) is 1. The molecule has 2 rings (SSSR count). The van der Waals surface area contributed by atoms with Gasteiger partial charge in [0, 0.05) is 5.69 Å². The molecular formula is C14H14F3N3O3S. The van der Waals surface area contributed by atoms with Gasteiger partial charge < -0.3 is 14.9 Å². The fourth-order valence-corrected chi connectivity index (χ4v) is 2.81. The monoisotopic (exact) mass is 361 g/mol. The minimum Gasteiger partial charge on any atom is -0.538 e. The van der Waals surface area contributed by atoms with Gasteiger partial charge in [-0.1, -0.05) is 17.7 Å². The predicted octanol–water partition coefficient (Wildman–Crippen LogP) is 2.10. The van der Waals surface area contributed by atoms with Crippen molar-refractivity contribution in [2.75, 3.05) is 5.32 Å². The van der Waals surface area contributed by atoms with Gasteiger partial charge in [-0.05, 0) is 36.4 Å². The van der Waals surface area contributed by atoms with Crippen LogP contribution in [0.5, 0.6) is 5.95 Å². The van der Waals surface area contributed by atoms with Crippen molar-refractivity contribution in [3.8, 4) is 5.95 Å². The van der Waals surface area contributed by atoms with Gasteiger partial charge in [-0.25, -0.2) is 0 Å². The average Bonchev–Trinajstić information content (AvgIpc) is 2.83. The number of aryl methyl sites for hydroxylation is 1. The quantitative estimate of drug-likeness (QED) is 0.651. The molecule has 0 aliphatic carbocycles. The number of amides is 1. The van der Waals surface area contributed by atoms with Gasteiger partial charge in [-0.15, -0.1) is 0 Å². The number of carbonyl (C=O) groups excluding carboxylic acids is 1. The van der Waals surface area contributed by atoms with Gasteiger partial charge in [-0.2, -0.15) is 13.2 Å². The lowest BCUT2D eigenvalue weighted by Gasteiger charge is -2.14. The number of carbonyl (C=O) groups is 1. The van der Waals surface area contributed by atoms with E-state index in [0.717, 1.165) is 23.9 Å². The zero-order valence-corrected chi connectivity index (χ0v) is 13.6. The van der Waals surface area contributed by atoms with E-state index in [9.17, 15) is 23.1 Å². The van der Waals surface area contributed by atoms with Crippen LogP contribution in [0.3, 0.4) is 0 Å². The van der Waals surface area contributed by atoms with E-state index in [0.29, 0.717) is 6.42 Å². The van der Waals surface area contributed by atoms with E-state index in [1.807, 2.05) is 0 Å². The third kappa shape index (κ3) is 4.19. The van der Waals surface area contributed by atoms with Gasteiger partial charge in [0.25, 0.3) is 5.03 Å². The highest BCUT2D eigenvalue weighted by atomic mass is 32.2. The van der Waals surface area contributed by atoms with Crippen LogP contribution in [0.1, 0.15) is 18.9 Å². The van der Waals surface area contributed by atoms with Crippen LogP contribution >= 0.6 is 11.8 Å². The van der Waals surface area contributed by atoms with E-state index in [1.54, 1.807) is 6.92 Å². The van der Waals surface area contributed by atoms with E-state index >= 15 is 0 Å². The van der Waals surface area contributed by atoms with Crippen LogP contribution in [-0.4, -0.2) is 16.4 Å². The summed E-state index contributed by atoms with van der Waals surface area (Å²) >= 11 is 0.946. The Morgan fingerprint density at radius 2 is 2.21 bits per heavy atom. The Labute approximate surface area is 139 Å². The van der Waals surface area contributed by atoms with Crippen molar-refractivity contribution >= 4 is 23.4 Å². The number of rotatable bonds is 5. The molecule has 0 bridgehead atoms. The molecule has 0 radical (unpaired) electrons. The summed E-state index contributed by atoms with van der Waals surface area (Å²) in [4.78, 5) is 12.3. The molecule has 0 fully saturated rings. The zero-order valence-electron chi connectivity index (χ0n) is 12.8. The molecule has 1 unspecified atom stereocenters. The Morgan fingerprint density at radius 3 is 2.75 bits per heavy atom. The van der Waals surface area contributed by atoms with Gasteiger partial charge >= 0.3 is 6.18 Å². The lowest BCUT2D eigenvalue weighted by molar-refractivity contribution is -0.772. The summed E-state index contributed by atoms with van der Waals surface area (Å²) in [5.41, 5.74) is -0.820. The maximum absolute atomic E-state index is 12.7. The lowest BCUT2D eigenvalue weighted by Crippen LogP contribution is -2.34. The highest BCUT2D eigenvalue weighted by Crippen LogP contribution is 2.32. The highest BCUT2D eigenvalue weighted by molar-refractivity contribution is 8.00. The Bertz CT molecular complexity index is 714. The van der Waals surface area contributed by atoms with Crippen molar-refractivity contribution in [2.45, 2.75) is 29.8 Å². The molecule has 1 heterocycles. The van der Waals surface area contributed by atoms with E-state index in [-0.39, 0.29) is 10.7 Å². The van der Waals surface area contributed by atoms with Crippen LogP contribution in [-0.2, 0) is 18.0 Å². The fourth-order valence-electron chi connectivity index (χ4n) is 1.88. The first-order chi connectivity index (χ1) is 11.2. The molecule has 0 spiro atoms.